The molecule has 4 heterocycles. The lowest BCUT2D eigenvalue weighted by Gasteiger charge is -2.32. The fourth-order valence-electron chi connectivity index (χ4n) is 3.03. The second-order valence-corrected chi connectivity index (χ2v) is 7.12. The highest BCUT2D eigenvalue weighted by molar-refractivity contribution is 7.13. The standard InChI is InChI=1S/C18H19N5O2S/c24-18(13-3-7-19-8-4-13)23-9-5-14(6-10-23)20-12-16-21-17(25-22-16)15-2-1-11-26-15/h1-4,7-8,11,14,20H,5-6,9-10,12H2. The van der Waals surface area contributed by atoms with Crippen molar-refractivity contribution in [3.8, 4) is 10.8 Å². The molecule has 0 atom stereocenters. The van der Waals surface area contributed by atoms with E-state index in [1.54, 1.807) is 35.9 Å². The van der Waals surface area contributed by atoms with Gasteiger partial charge in [0, 0.05) is 37.1 Å². The molecule has 0 unspecified atom stereocenters. The fourth-order valence-corrected chi connectivity index (χ4v) is 3.67. The van der Waals surface area contributed by atoms with Crippen LogP contribution < -0.4 is 5.32 Å². The van der Waals surface area contributed by atoms with Gasteiger partial charge in [-0.1, -0.05) is 11.2 Å². The van der Waals surface area contributed by atoms with E-state index >= 15 is 0 Å². The van der Waals surface area contributed by atoms with Crippen molar-refractivity contribution in [3.63, 3.8) is 0 Å². The van der Waals surface area contributed by atoms with Gasteiger partial charge in [-0.3, -0.25) is 9.78 Å². The van der Waals surface area contributed by atoms with Gasteiger partial charge in [0.05, 0.1) is 11.4 Å². The summed E-state index contributed by atoms with van der Waals surface area (Å²) in [7, 11) is 0. The van der Waals surface area contributed by atoms with Gasteiger partial charge in [-0.15, -0.1) is 11.3 Å². The van der Waals surface area contributed by atoms with Crippen molar-refractivity contribution in [1.29, 1.82) is 0 Å². The van der Waals surface area contributed by atoms with Gasteiger partial charge in [0.25, 0.3) is 11.8 Å². The maximum atomic E-state index is 12.4. The van der Waals surface area contributed by atoms with Crippen molar-refractivity contribution >= 4 is 17.2 Å². The molecule has 0 aliphatic carbocycles. The summed E-state index contributed by atoms with van der Waals surface area (Å²) in [5.74, 6) is 1.29. The summed E-state index contributed by atoms with van der Waals surface area (Å²) in [5, 5.41) is 9.48. The zero-order chi connectivity index (χ0) is 17.8. The molecule has 1 aliphatic heterocycles. The molecule has 0 bridgehead atoms. The molecule has 8 heteroatoms. The number of likely N-dealkylation sites (tertiary alicyclic amines) is 1. The number of carbonyl (C=O) groups is 1. The van der Waals surface area contributed by atoms with Crippen molar-refractivity contribution in [1.82, 2.24) is 25.3 Å². The molecule has 1 N–H and O–H groups in total. The van der Waals surface area contributed by atoms with Crippen LogP contribution >= 0.6 is 11.3 Å². The molecule has 1 amide bonds. The third-order valence-corrected chi connectivity index (χ3v) is 5.32. The highest BCUT2D eigenvalue weighted by atomic mass is 32.1. The highest BCUT2D eigenvalue weighted by Gasteiger charge is 2.23. The number of nitrogens with one attached hydrogen (secondary N) is 1. The molecule has 1 aliphatic rings. The van der Waals surface area contributed by atoms with Crippen molar-refractivity contribution in [2.75, 3.05) is 13.1 Å². The molecule has 7 nitrogen and oxygen atoms in total. The average molecular weight is 369 g/mol. The lowest BCUT2D eigenvalue weighted by atomic mass is 10.0. The second-order valence-electron chi connectivity index (χ2n) is 6.18. The van der Waals surface area contributed by atoms with Gasteiger partial charge in [-0.2, -0.15) is 4.98 Å². The zero-order valence-corrected chi connectivity index (χ0v) is 15.0. The monoisotopic (exact) mass is 369 g/mol. The average Bonchev–Trinajstić information content (AvgIpc) is 3.38. The fraction of sp³-hybridized carbons (Fsp3) is 0.333. The summed E-state index contributed by atoms with van der Waals surface area (Å²) >= 11 is 1.58. The normalized spacial score (nSPS) is 15.3. The van der Waals surface area contributed by atoms with E-state index in [2.05, 4.69) is 20.4 Å². The zero-order valence-electron chi connectivity index (χ0n) is 14.2. The van der Waals surface area contributed by atoms with E-state index in [1.807, 2.05) is 22.4 Å². The Morgan fingerprint density at radius 1 is 1.27 bits per heavy atom. The SMILES string of the molecule is O=C(c1ccncc1)N1CCC(NCc2noc(-c3cccs3)n2)CC1. The van der Waals surface area contributed by atoms with Crippen LogP contribution in [-0.4, -0.2) is 45.1 Å². The number of piperidine rings is 1. The predicted molar refractivity (Wildman–Crippen MR) is 97.6 cm³/mol. The first-order chi connectivity index (χ1) is 12.8. The van der Waals surface area contributed by atoms with Gasteiger partial charge in [0.15, 0.2) is 5.82 Å². The van der Waals surface area contributed by atoms with Crippen LogP contribution in [0.4, 0.5) is 0 Å². The molecule has 134 valence electrons. The first-order valence-corrected chi connectivity index (χ1v) is 9.47. The number of pyridine rings is 1. The van der Waals surface area contributed by atoms with Gasteiger partial charge in [-0.25, -0.2) is 0 Å². The maximum Gasteiger partial charge on any atom is 0.268 e. The van der Waals surface area contributed by atoms with Crippen LogP contribution in [0.15, 0.2) is 46.6 Å². The minimum absolute atomic E-state index is 0.0737. The van der Waals surface area contributed by atoms with Crippen LogP contribution in [0.2, 0.25) is 0 Å². The molecule has 4 rings (SSSR count). The summed E-state index contributed by atoms with van der Waals surface area (Å²) in [5.41, 5.74) is 0.694. The molecule has 0 aromatic carbocycles. The van der Waals surface area contributed by atoms with Gasteiger partial charge in [0.1, 0.15) is 0 Å². The number of aromatic nitrogens is 3. The van der Waals surface area contributed by atoms with Crippen LogP contribution in [0, 0.1) is 0 Å². The predicted octanol–water partition coefficient (Wildman–Crippen LogP) is 2.59. The number of thiophene rings is 1. The minimum atomic E-state index is 0.0737. The van der Waals surface area contributed by atoms with E-state index in [1.165, 1.54) is 0 Å². The van der Waals surface area contributed by atoms with Gasteiger partial charge < -0.3 is 14.7 Å². The summed E-state index contributed by atoms with van der Waals surface area (Å²) in [6.07, 6.45) is 5.12. The number of rotatable bonds is 5. The summed E-state index contributed by atoms with van der Waals surface area (Å²) in [6.45, 7) is 2.05. The van der Waals surface area contributed by atoms with Gasteiger partial charge in [-0.05, 0) is 36.4 Å². The Morgan fingerprint density at radius 3 is 2.81 bits per heavy atom. The molecular formula is C18H19N5O2S. The van der Waals surface area contributed by atoms with E-state index in [0.717, 1.165) is 30.8 Å². The lowest BCUT2D eigenvalue weighted by molar-refractivity contribution is 0.0704. The molecular weight excluding hydrogens is 350 g/mol. The quantitative estimate of drug-likeness (QED) is 0.744. The topological polar surface area (TPSA) is 84.2 Å². The molecule has 3 aromatic rings. The molecule has 1 saturated heterocycles. The number of hydrogen-bond acceptors (Lipinski definition) is 7. The van der Waals surface area contributed by atoms with E-state index in [4.69, 9.17) is 4.52 Å². The first kappa shape index (κ1) is 16.9. The highest BCUT2D eigenvalue weighted by Crippen LogP contribution is 2.22. The van der Waals surface area contributed by atoms with Crippen LogP contribution in [0.1, 0.15) is 29.0 Å². The summed E-state index contributed by atoms with van der Waals surface area (Å²) in [6, 6.07) is 7.79. The van der Waals surface area contributed by atoms with Crippen LogP contribution in [-0.2, 0) is 6.54 Å². The van der Waals surface area contributed by atoms with E-state index in [9.17, 15) is 4.79 Å². The Hall–Kier alpha value is -2.58. The number of nitrogens with zero attached hydrogens (tertiary/aromatic N) is 4. The number of hydrogen-bond donors (Lipinski definition) is 1. The third-order valence-electron chi connectivity index (χ3n) is 4.46. The van der Waals surface area contributed by atoms with E-state index in [-0.39, 0.29) is 5.91 Å². The van der Waals surface area contributed by atoms with E-state index in [0.29, 0.717) is 29.9 Å². The largest absolute Gasteiger partial charge is 0.339 e. The Labute approximate surface area is 155 Å². The molecule has 0 radical (unpaired) electrons. The van der Waals surface area contributed by atoms with Gasteiger partial charge >= 0.3 is 0 Å². The van der Waals surface area contributed by atoms with Crippen LogP contribution in [0.5, 0.6) is 0 Å². The molecule has 26 heavy (non-hydrogen) atoms. The van der Waals surface area contributed by atoms with E-state index < -0.39 is 0 Å². The summed E-state index contributed by atoms with van der Waals surface area (Å²) in [4.78, 5) is 23.7. The first-order valence-electron chi connectivity index (χ1n) is 8.59. The number of amides is 1. The number of carbonyl (C=O) groups excluding carboxylic acids is 1. The lowest BCUT2D eigenvalue weighted by Crippen LogP contribution is -2.44. The molecule has 0 spiro atoms. The molecule has 1 fully saturated rings. The van der Waals surface area contributed by atoms with Crippen LogP contribution in [0.25, 0.3) is 10.8 Å². The molecule has 3 aromatic heterocycles. The Balaban J connectivity index is 1.26. The van der Waals surface area contributed by atoms with Crippen LogP contribution in [0.3, 0.4) is 0 Å². The van der Waals surface area contributed by atoms with Crippen molar-refractivity contribution in [2.45, 2.75) is 25.4 Å². The summed E-state index contributed by atoms with van der Waals surface area (Å²) < 4.78 is 5.30. The smallest absolute Gasteiger partial charge is 0.268 e. The second kappa shape index (κ2) is 7.76. The Bertz CT molecular complexity index is 842. The Morgan fingerprint density at radius 2 is 2.08 bits per heavy atom. The van der Waals surface area contributed by atoms with Crippen molar-refractivity contribution in [2.24, 2.45) is 0 Å². The van der Waals surface area contributed by atoms with Crippen molar-refractivity contribution in [3.05, 3.63) is 53.4 Å². The molecule has 0 saturated carbocycles. The maximum absolute atomic E-state index is 12.4. The minimum Gasteiger partial charge on any atom is -0.339 e. The third kappa shape index (κ3) is 3.81. The van der Waals surface area contributed by atoms with Gasteiger partial charge in [0.2, 0.25) is 0 Å². The van der Waals surface area contributed by atoms with Crippen molar-refractivity contribution < 1.29 is 9.32 Å². The Kier molecular flexibility index (Phi) is 5.03.